The molecule has 0 saturated heterocycles. The van der Waals surface area contributed by atoms with Gasteiger partial charge in [-0.3, -0.25) is 28.2 Å². The van der Waals surface area contributed by atoms with E-state index in [0.717, 1.165) is 23.0 Å². The molecule has 0 aliphatic heterocycles. The Morgan fingerprint density at radius 1 is 0.619 bits per heavy atom. The van der Waals surface area contributed by atoms with Crippen LogP contribution in [0.25, 0.3) is 12.2 Å². The third kappa shape index (κ3) is 36.6. The van der Waals surface area contributed by atoms with Crippen LogP contribution in [-0.2, 0) is 33.6 Å². The van der Waals surface area contributed by atoms with Crippen molar-refractivity contribution in [3.63, 3.8) is 0 Å². The van der Waals surface area contributed by atoms with Crippen molar-refractivity contribution in [1.29, 1.82) is 0 Å². The molecule has 0 bridgehead atoms. The Hall–Kier alpha value is -2.32. The molecule has 0 heterocycles. The van der Waals surface area contributed by atoms with Gasteiger partial charge in [-0.15, -0.1) is 0 Å². The SMILES string of the molecule is C.C.Cc1cc(C=O)ccc1O.O=CO[O-].[2H]C([2H])([2H])OS(C)(=O)=O.[2H]C([2H])([2H])Oc1ccc(/C=C/C(C)=O)cc1C.[2H]C([2H])([2H])Oc1ccc(/C=C\C(C)=O)cc1C.[2H]C([2H])([2H])Oc1ccc(C=O)cc1C.[Cs+].[Cs+].[H-]. The van der Waals surface area contributed by atoms with Crippen molar-refractivity contribution < 1.29 is 222 Å². The molecule has 0 aliphatic rings. The number of ketones is 2. The van der Waals surface area contributed by atoms with Crippen LogP contribution in [0, 0.1) is 27.7 Å². The Bertz CT molecular complexity index is 2460. The van der Waals surface area contributed by atoms with Crippen molar-refractivity contribution in [2.45, 2.75) is 56.4 Å². The minimum Gasteiger partial charge on any atom is -1.00 e. The summed E-state index contributed by atoms with van der Waals surface area (Å²) in [5, 5.41) is 17.5. The molecule has 0 radical (unpaired) electrons. The van der Waals surface area contributed by atoms with Gasteiger partial charge >= 0.3 is 138 Å². The van der Waals surface area contributed by atoms with Crippen LogP contribution in [0.15, 0.2) is 84.9 Å². The number of ether oxygens (including phenoxy) is 3. The number of hydrogen-bond acceptors (Lipinski definition) is 14. The van der Waals surface area contributed by atoms with Crippen molar-refractivity contribution >= 4 is 52.9 Å². The number of aldehydes is 2. The summed E-state index contributed by atoms with van der Waals surface area (Å²) in [7, 11) is -14.0. The van der Waals surface area contributed by atoms with E-state index in [-0.39, 0.29) is 184 Å². The van der Waals surface area contributed by atoms with Gasteiger partial charge in [0.1, 0.15) is 35.6 Å². The van der Waals surface area contributed by atoms with E-state index in [1.165, 1.54) is 44.2 Å². The fourth-order valence-electron chi connectivity index (χ4n) is 3.82. The van der Waals surface area contributed by atoms with Gasteiger partial charge in [-0.05, 0) is 148 Å². The maximum Gasteiger partial charge on any atom is 1.00 e. The number of rotatable bonds is 11. The Morgan fingerprint density at radius 3 is 1.17 bits per heavy atom. The van der Waals surface area contributed by atoms with Crippen LogP contribution in [0.2, 0.25) is 0 Å². The number of carbonyl (C=O) groups excluding carboxylic acids is 5. The predicted molar refractivity (Wildman–Crippen MR) is 240 cm³/mol. The van der Waals surface area contributed by atoms with Gasteiger partial charge in [0.15, 0.2) is 11.6 Å². The Balaban J connectivity index is -0.000000154. The molecule has 0 aliphatic carbocycles. The van der Waals surface area contributed by atoms with Crippen LogP contribution in [0.4, 0.5) is 0 Å². The molecule has 0 fully saturated rings. The van der Waals surface area contributed by atoms with Gasteiger partial charge in [0.2, 0.25) is 0 Å². The van der Waals surface area contributed by atoms with Crippen molar-refractivity contribution in [2.75, 3.05) is 34.4 Å². The van der Waals surface area contributed by atoms with Crippen molar-refractivity contribution in [3.8, 4) is 23.0 Å². The van der Waals surface area contributed by atoms with E-state index in [0.29, 0.717) is 51.9 Å². The fourth-order valence-corrected chi connectivity index (χ4v) is 3.82. The number of benzene rings is 4. The van der Waals surface area contributed by atoms with Gasteiger partial charge in [0.25, 0.3) is 16.6 Å². The molecule has 0 aromatic heterocycles. The first-order valence-electron chi connectivity index (χ1n) is 22.4. The van der Waals surface area contributed by atoms with Gasteiger partial charge in [0.05, 0.1) is 50.9 Å². The maximum absolute atomic E-state index is 10.8. The number of phenols is 1. The van der Waals surface area contributed by atoms with E-state index in [4.69, 9.17) is 45.8 Å². The van der Waals surface area contributed by atoms with Gasteiger partial charge in [-0.1, -0.05) is 39.1 Å². The van der Waals surface area contributed by atoms with E-state index in [9.17, 15) is 27.6 Å². The summed E-state index contributed by atoms with van der Waals surface area (Å²) in [6.07, 6.45) is 8.40. The van der Waals surface area contributed by atoms with E-state index in [1.807, 2.05) is 0 Å². The molecule has 17 heteroatoms. The predicted octanol–water partition coefficient (Wildman–Crippen LogP) is 1.96. The number of aromatic hydroxyl groups is 1. The number of carbonyl (C=O) groups is 5. The normalized spacial score (nSPS) is 12.8. The molecule has 0 saturated carbocycles. The minimum absolute atomic E-state index is 0. The first kappa shape index (κ1) is 48.6. The fraction of sp³-hybridized carbons (Fsp3) is 0.283. The zero-order valence-corrected chi connectivity index (χ0v) is 48.5. The van der Waals surface area contributed by atoms with E-state index < -0.39 is 38.3 Å². The summed E-state index contributed by atoms with van der Waals surface area (Å²) < 4.78 is 120. The quantitative estimate of drug-likeness (QED) is 0.0750. The average molecular weight is 1150 g/mol. The maximum atomic E-state index is 10.8. The Morgan fingerprint density at radius 2 is 0.937 bits per heavy atom. The Labute approximate surface area is 510 Å². The smallest absolute Gasteiger partial charge is 1.00 e. The van der Waals surface area contributed by atoms with E-state index in [1.54, 1.807) is 94.4 Å². The summed E-state index contributed by atoms with van der Waals surface area (Å²) >= 11 is 0. The third-order valence-electron chi connectivity index (χ3n) is 6.63. The minimum atomic E-state index is -3.84. The van der Waals surface area contributed by atoms with Crippen molar-refractivity contribution in [3.05, 3.63) is 129 Å². The average Bonchev–Trinajstić information content (AvgIpc) is 3.21. The van der Waals surface area contributed by atoms with Crippen molar-refractivity contribution in [2.24, 2.45) is 0 Å². The zero-order chi connectivity index (χ0) is 55.6. The topological polar surface area (TPSA) is 209 Å². The number of methoxy groups -OCH3 is 3. The molecular weight excluding hydrogens is 1070 g/mol. The largest absolute Gasteiger partial charge is 1.00 e. The summed E-state index contributed by atoms with van der Waals surface area (Å²) in [6.45, 7) is 9.71. The van der Waals surface area contributed by atoms with Gasteiger partial charge in [-0.2, -0.15) is 8.42 Å². The monoisotopic (exact) mass is 1150 g/mol. The number of phenolic OH excluding ortho intramolecular Hbond substituents is 1. The summed E-state index contributed by atoms with van der Waals surface area (Å²) in [5.41, 5.74) is 5.54. The molecule has 0 spiro atoms. The summed E-state index contributed by atoms with van der Waals surface area (Å²) in [4.78, 5) is 53.4. The van der Waals surface area contributed by atoms with Crippen LogP contribution in [-0.4, -0.2) is 78.5 Å². The first-order chi connectivity index (χ1) is 32.3. The van der Waals surface area contributed by atoms with E-state index >= 15 is 0 Å². The molecule has 338 valence electrons. The van der Waals surface area contributed by atoms with Gasteiger partial charge < -0.3 is 30.9 Å². The van der Waals surface area contributed by atoms with Crippen LogP contribution in [0.1, 0.15) is 101 Å². The van der Waals surface area contributed by atoms with Gasteiger partial charge in [-0.25, -0.2) is 0 Å². The molecule has 4 aromatic rings. The Kier molecular flexibility index (Phi) is 32.7. The van der Waals surface area contributed by atoms with Crippen LogP contribution < -0.4 is 157 Å². The molecular formula is C46H62Cs2O14S. The molecule has 63 heavy (non-hydrogen) atoms. The van der Waals surface area contributed by atoms with Crippen LogP contribution in [0.5, 0.6) is 23.0 Å². The van der Waals surface area contributed by atoms with Gasteiger partial charge in [0, 0.05) is 11.1 Å². The van der Waals surface area contributed by atoms with Crippen molar-refractivity contribution in [1.82, 2.24) is 0 Å². The molecule has 0 amide bonds. The molecule has 1 N–H and O–H groups in total. The standard InChI is InChI=1S/2C12H14O2.C9H10O2.C8H8O2.C2H6O3S.CH2O3.2CH4.2Cs.H/c2*1-9-8-11(5-4-10(2)13)6-7-12(9)14-3;1-7-5-8(6-10)3-4-9(7)11-2;1-6-4-7(5-9)2-3-8(6)10;1-5-6(2,3)4;2-1-4-3;;;;;/h2*4-8H,1-3H3;3-6H,1-2H3;2-5,10H,1H3;1-2H3;1,3H;2*1H4;;;/q;;;;;;;;2*+1;-1/p-1/b5-4+;5-4-;;;;;;;;;/i2*3D3;2D3;;1D3;;;;;;. The number of hydrogen-bond donors (Lipinski definition) is 1. The molecule has 4 aromatic carbocycles. The molecule has 0 unspecified atom stereocenters. The molecule has 4 rings (SSSR count). The molecule has 14 nitrogen and oxygen atoms in total. The second-order valence-corrected chi connectivity index (χ2v) is 13.1. The second-order valence-electron chi connectivity index (χ2n) is 11.5. The number of aryl methyl sites for hydroxylation is 4. The first-order valence-corrected chi connectivity index (χ1v) is 18.2. The van der Waals surface area contributed by atoms with Crippen LogP contribution in [0.3, 0.4) is 0 Å². The summed E-state index contributed by atoms with van der Waals surface area (Å²) in [5.74, 6) is 1.08. The third-order valence-corrected chi connectivity index (χ3v) is 6.93. The second kappa shape index (κ2) is 42.3. The molecule has 0 atom stereocenters. The van der Waals surface area contributed by atoms with E-state index in [2.05, 4.69) is 9.07 Å². The zero-order valence-electron chi connectivity index (χ0n) is 48.1. The van der Waals surface area contributed by atoms with Crippen LogP contribution >= 0.6 is 0 Å². The number of allylic oxidation sites excluding steroid dienone is 2. The summed E-state index contributed by atoms with van der Waals surface area (Å²) in [6, 6.07) is 19.4.